The van der Waals surface area contributed by atoms with Crippen molar-refractivity contribution < 1.29 is 20.1 Å². The van der Waals surface area contributed by atoms with Crippen LogP contribution in [0.3, 0.4) is 0 Å². The molecule has 0 unspecified atom stereocenters. The average molecular weight is 720 g/mol. The second kappa shape index (κ2) is 11.1. The smallest absolute Gasteiger partial charge is 0.0516 e. The Morgan fingerprint density at radius 2 is 1.33 bits per heavy atom. The molecule has 0 N–H and O–H groups in total. The monoisotopic (exact) mass is 720 g/mol. The first-order valence-corrected chi connectivity index (χ1v) is 13.9. The molecule has 207 valence electrons. The molecule has 0 fully saturated rings. The normalized spacial score (nSPS) is 11.5. The Morgan fingerprint density at radius 3 is 2.10 bits per heavy atom. The summed E-state index contributed by atoms with van der Waals surface area (Å²) in [5, 5.41) is 5.16. The van der Waals surface area contributed by atoms with Crippen LogP contribution in [0.25, 0.3) is 60.6 Å². The molecule has 0 aliphatic carbocycles. The van der Waals surface area contributed by atoms with Crippen molar-refractivity contribution in [3.05, 3.63) is 139 Å². The van der Waals surface area contributed by atoms with Crippen molar-refractivity contribution in [3.63, 3.8) is 0 Å². The minimum atomic E-state index is 0. The zero-order valence-electron chi connectivity index (χ0n) is 23.7. The van der Waals surface area contributed by atoms with Gasteiger partial charge in [0.25, 0.3) is 0 Å². The van der Waals surface area contributed by atoms with E-state index in [2.05, 4.69) is 114 Å². The summed E-state index contributed by atoms with van der Waals surface area (Å²) in [7, 11) is 0. The standard InChI is InChI=1S/C27H21N2.C11H8N.Ir/c1-27(2,3)18-13-14-28-23(16-18)17-11-12-25-22(15-17)21-9-6-8-20-19-7-4-5-10-24(19)29(25)26(20)21;1-2-6-10(7-3-1)11-8-4-5-9-12-11;/h4-10,12-16H,1-3H3;1-6,8-9H;/q2*-1;. The minimum Gasteiger partial charge on any atom is -0.350 e. The number of para-hydroxylation sites is 2. The molecule has 0 bridgehead atoms. The molecule has 4 aromatic heterocycles. The van der Waals surface area contributed by atoms with E-state index in [-0.39, 0.29) is 25.5 Å². The molecule has 42 heavy (non-hydrogen) atoms. The predicted molar refractivity (Wildman–Crippen MR) is 170 cm³/mol. The third kappa shape index (κ3) is 4.87. The van der Waals surface area contributed by atoms with Gasteiger partial charge in [-0.1, -0.05) is 80.8 Å². The molecule has 0 aliphatic rings. The van der Waals surface area contributed by atoms with Crippen LogP contribution in [0.2, 0.25) is 0 Å². The van der Waals surface area contributed by atoms with Crippen LogP contribution in [-0.2, 0) is 25.5 Å². The molecular formula is C38H29IrN3-2. The maximum absolute atomic E-state index is 4.65. The summed E-state index contributed by atoms with van der Waals surface area (Å²) in [6, 6.07) is 44.3. The van der Waals surface area contributed by atoms with Crippen molar-refractivity contribution in [2.75, 3.05) is 0 Å². The van der Waals surface area contributed by atoms with Gasteiger partial charge in [-0.25, -0.2) is 0 Å². The van der Waals surface area contributed by atoms with Gasteiger partial charge in [0.05, 0.1) is 5.52 Å². The summed E-state index contributed by atoms with van der Waals surface area (Å²) >= 11 is 0. The van der Waals surface area contributed by atoms with E-state index >= 15 is 0 Å². The number of benzene rings is 4. The van der Waals surface area contributed by atoms with E-state index in [1.165, 1.54) is 43.7 Å². The fraction of sp³-hybridized carbons (Fsp3) is 0.105. The summed E-state index contributed by atoms with van der Waals surface area (Å²) in [5.74, 6) is 0. The third-order valence-electron chi connectivity index (χ3n) is 7.71. The van der Waals surface area contributed by atoms with Crippen molar-refractivity contribution in [3.8, 4) is 22.5 Å². The van der Waals surface area contributed by atoms with Gasteiger partial charge in [-0.05, 0) is 51.5 Å². The first kappa shape index (κ1) is 27.8. The molecule has 0 amide bonds. The van der Waals surface area contributed by atoms with Gasteiger partial charge in [-0.15, -0.1) is 59.7 Å². The summed E-state index contributed by atoms with van der Waals surface area (Å²) in [6.45, 7) is 6.70. The average Bonchev–Trinajstić information content (AvgIpc) is 3.54. The molecule has 0 saturated heterocycles. The van der Waals surface area contributed by atoms with Crippen LogP contribution in [-0.4, -0.2) is 14.4 Å². The van der Waals surface area contributed by atoms with Crippen molar-refractivity contribution in [1.82, 2.24) is 14.4 Å². The number of aromatic nitrogens is 3. The Kier molecular flexibility index (Phi) is 7.36. The molecule has 1 radical (unpaired) electrons. The second-order valence-corrected chi connectivity index (χ2v) is 11.4. The maximum atomic E-state index is 4.65. The Hall–Kier alpha value is -4.37. The molecule has 4 heterocycles. The van der Waals surface area contributed by atoms with Crippen LogP contribution < -0.4 is 0 Å². The molecular weight excluding hydrogens is 691 g/mol. The molecule has 0 atom stereocenters. The topological polar surface area (TPSA) is 30.2 Å². The van der Waals surface area contributed by atoms with Gasteiger partial charge in [-0.3, -0.25) is 0 Å². The zero-order chi connectivity index (χ0) is 28.0. The van der Waals surface area contributed by atoms with E-state index in [1.807, 2.05) is 48.7 Å². The third-order valence-corrected chi connectivity index (χ3v) is 7.71. The van der Waals surface area contributed by atoms with E-state index in [4.69, 9.17) is 0 Å². The summed E-state index contributed by atoms with van der Waals surface area (Å²) in [4.78, 5) is 8.86. The van der Waals surface area contributed by atoms with Crippen LogP contribution in [0.5, 0.6) is 0 Å². The molecule has 4 aromatic carbocycles. The number of hydrogen-bond donors (Lipinski definition) is 0. The van der Waals surface area contributed by atoms with E-state index < -0.39 is 0 Å². The van der Waals surface area contributed by atoms with Crippen molar-refractivity contribution >= 4 is 38.1 Å². The van der Waals surface area contributed by atoms with Crippen LogP contribution in [0.1, 0.15) is 26.3 Å². The van der Waals surface area contributed by atoms with E-state index in [0.29, 0.717) is 0 Å². The van der Waals surface area contributed by atoms with Gasteiger partial charge in [-0.2, -0.15) is 0 Å². The largest absolute Gasteiger partial charge is 0.350 e. The number of pyridine rings is 2. The number of rotatable bonds is 2. The Balaban J connectivity index is 0.000000205. The van der Waals surface area contributed by atoms with Crippen molar-refractivity contribution in [1.29, 1.82) is 0 Å². The van der Waals surface area contributed by atoms with E-state index in [1.54, 1.807) is 6.20 Å². The fourth-order valence-electron chi connectivity index (χ4n) is 5.64. The quantitative estimate of drug-likeness (QED) is 0.167. The number of hydrogen-bond acceptors (Lipinski definition) is 2. The Labute approximate surface area is 259 Å². The Bertz CT molecular complexity index is 2090. The number of fused-ring (bicyclic) bond motifs is 6. The van der Waals surface area contributed by atoms with Crippen molar-refractivity contribution in [2.24, 2.45) is 0 Å². The summed E-state index contributed by atoms with van der Waals surface area (Å²) < 4.78 is 2.38. The van der Waals surface area contributed by atoms with Crippen LogP contribution in [0.4, 0.5) is 0 Å². The molecule has 8 rings (SSSR count). The van der Waals surface area contributed by atoms with Gasteiger partial charge in [0, 0.05) is 48.8 Å². The van der Waals surface area contributed by atoms with E-state index in [0.717, 1.165) is 22.5 Å². The SMILES string of the molecule is CC(C)(C)c1ccnc(-c2[c-]cc3c(c2)c2cccc4c5ccccc5n3c24)c1.[Ir].[c-]1ccccc1-c1ccccn1. The first-order valence-electron chi connectivity index (χ1n) is 13.9. The molecule has 0 aliphatic heterocycles. The maximum Gasteiger partial charge on any atom is 0.0516 e. The van der Waals surface area contributed by atoms with Gasteiger partial charge in [0.1, 0.15) is 0 Å². The van der Waals surface area contributed by atoms with Gasteiger partial charge < -0.3 is 14.4 Å². The molecule has 3 nitrogen and oxygen atoms in total. The summed E-state index contributed by atoms with van der Waals surface area (Å²) in [5.41, 5.74) is 9.17. The number of nitrogens with zero attached hydrogens (tertiary/aromatic N) is 3. The molecule has 0 spiro atoms. The van der Waals surface area contributed by atoms with Gasteiger partial charge in [0.2, 0.25) is 0 Å². The molecule has 0 saturated carbocycles. The second-order valence-electron chi connectivity index (χ2n) is 11.4. The molecule has 8 aromatic rings. The van der Waals surface area contributed by atoms with E-state index in [9.17, 15) is 0 Å². The molecule has 4 heteroatoms. The van der Waals surface area contributed by atoms with Crippen molar-refractivity contribution in [2.45, 2.75) is 26.2 Å². The zero-order valence-corrected chi connectivity index (χ0v) is 26.1. The fourth-order valence-corrected chi connectivity index (χ4v) is 5.64. The first-order chi connectivity index (χ1) is 20.0. The van der Waals surface area contributed by atoms with Crippen LogP contribution in [0.15, 0.2) is 122 Å². The summed E-state index contributed by atoms with van der Waals surface area (Å²) in [6.07, 6.45) is 3.70. The minimum absolute atomic E-state index is 0. The van der Waals surface area contributed by atoms with Crippen LogP contribution >= 0.6 is 0 Å². The van der Waals surface area contributed by atoms with Gasteiger partial charge in [0.15, 0.2) is 0 Å². The van der Waals surface area contributed by atoms with Gasteiger partial charge >= 0.3 is 0 Å². The Morgan fingerprint density at radius 1 is 0.595 bits per heavy atom. The predicted octanol–water partition coefficient (Wildman–Crippen LogP) is 9.54. The van der Waals surface area contributed by atoms with Crippen LogP contribution in [0, 0.1) is 12.1 Å².